The molecule has 0 fully saturated rings. The summed E-state index contributed by atoms with van der Waals surface area (Å²) in [4.78, 5) is 33.0. The number of ether oxygens (including phenoxy) is 1. The van der Waals surface area contributed by atoms with E-state index in [9.17, 15) is 19.7 Å². The summed E-state index contributed by atoms with van der Waals surface area (Å²) in [5.41, 5.74) is 1.72. The second-order valence-electron chi connectivity index (χ2n) is 5.11. The second kappa shape index (κ2) is 7.87. The van der Waals surface area contributed by atoms with Crippen LogP contribution < -0.4 is 5.32 Å². The van der Waals surface area contributed by atoms with E-state index in [1.807, 2.05) is 0 Å². The highest BCUT2D eigenvalue weighted by Gasteiger charge is 2.10. The number of non-ortho nitro benzene ring substituents is 1. The maximum absolute atomic E-state index is 12.0. The first kappa shape index (κ1) is 17.1. The molecule has 2 aromatic carbocycles. The Bertz CT molecular complexity index is 756. The van der Waals surface area contributed by atoms with Gasteiger partial charge in [-0.1, -0.05) is 24.3 Å². The number of nitro benzene ring substituents is 1. The van der Waals surface area contributed by atoms with Crippen molar-refractivity contribution in [3.63, 3.8) is 0 Å². The van der Waals surface area contributed by atoms with Crippen molar-refractivity contribution in [3.8, 4) is 0 Å². The molecule has 2 rings (SSSR count). The van der Waals surface area contributed by atoms with E-state index < -0.39 is 10.9 Å². The van der Waals surface area contributed by atoms with Gasteiger partial charge < -0.3 is 10.1 Å². The number of carbonyl (C=O) groups is 2. The number of esters is 1. The van der Waals surface area contributed by atoms with Crippen LogP contribution in [0.1, 0.15) is 28.4 Å². The quantitative estimate of drug-likeness (QED) is 0.499. The highest BCUT2D eigenvalue weighted by atomic mass is 16.6. The van der Waals surface area contributed by atoms with Crippen LogP contribution in [0.15, 0.2) is 48.5 Å². The molecular formula is C17H16N2O5. The molecule has 2 aromatic rings. The van der Waals surface area contributed by atoms with Crippen LogP contribution in [0.5, 0.6) is 0 Å². The summed E-state index contributed by atoms with van der Waals surface area (Å²) >= 11 is 0. The molecule has 0 radical (unpaired) electrons. The number of carbonyl (C=O) groups excluding carboxylic acids is 2. The molecule has 0 saturated carbocycles. The average Bonchev–Trinajstić information content (AvgIpc) is 2.58. The van der Waals surface area contributed by atoms with Crippen LogP contribution in [-0.4, -0.2) is 16.8 Å². The Labute approximate surface area is 138 Å². The molecule has 1 amide bonds. The fraction of sp³-hybridized carbons (Fsp3) is 0.176. The lowest BCUT2D eigenvalue weighted by Gasteiger charge is -2.06. The van der Waals surface area contributed by atoms with Crippen molar-refractivity contribution in [3.05, 3.63) is 75.3 Å². The first-order valence-electron chi connectivity index (χ1n) is 7.19. The molecule has 0 aliphatic carbocycles. The molecular weight excluding hydrogens is 312 g/mol. The lowest BCUT2D eigenvalue weighted by molar-refractivity contribution is -0.384. The summed E-state index contributed by atoms with van der Waals surface area (Å²) in [6, 6.07) is 12.6. The molecule has 1 N–H and O–H groups in total. The molecule has 0 aliphatic heterocycles. The maximum Gasteiger partial charge on any atom is 0.338 e. The number of amides is 1. The van der Waals surface area contributed by atoms with Gasteiger partial charge in [-0.25, -0.2) is 4.79 Å². The van der Waals surface area contributed by atoms with Gasteiger partial charge in [0.25, 0.3) is 5.69 Å². The van der Waals surface area contributed by atoms with Crippen molar-refractivity contribution < 1.29 is 19.2 Å². The first-order chi connectivity index (χ1) is 11.5. The van der Waals surface area contributed by atoms with Gasteiger partial charge in [-0.2, -0.15) is 0 Å². The van der Waals surface area contributed by atoms with Gasteiger partial charge >= 0.3 is 5.97 Å². The van der Waals surface area contributed by atoms with Gasteiger partial charge in [-0.3, -0.25) is 14.9 Å². The van der Waals surface area contributed by atoms with E-state index in [0.717, 1.165) is 5.56 Å². The van der Waals surface area contributed by atoms with Crippen LogP contribution in [0.2, 0.25) is 0 Å². The van der Waals surface area contributed by atoms with Gasteiger partial charge in [0.1, 0.15) is 6.61 Å². The Morgan fingerprint density at radius 3 is 2.46 bits per heavy atom. The Balaban J connectivity index is 1.93. The van der Waals surface area contributed by atoms with E-state index in [2.05, 4.69) is 5.32 Å². The van der Waals surface area contributed by atoms with Gasteiger partial charge in [0.2, 0.25) is 5.91 Å². The van der Waals surface area contributed by atoms with Gasteiger partial charge in [0.05, 0.1) is 10.5 Å². The minimum Gasteiger partial charge on any atom is -0.457 e. The fourth-order valence-electron chi connectivity index (χ4n) is 1.98. The molecule has 24 heavy (non-hydrogen) atoms. The van der Waals surface area contributed by atoms with E-state index in [1.54, 1.807) is 30.3 Å². The van der Waals surface area contributed by atoms with E-state index in [4.69, 9.17) is 4.74 Å². The van der Waals surface area contributed by atoms with E-state index in [-0.39, 0.29) is 18.2 Å². The van der Waals surface area contributed by atoms with Gasteiger partial charge in [-0.05, 0) is 23.3 Å². The van der Waals surface area contributed by atoms with Gasteiger partial charge in [0, 0.05) is 25.6 Å². The average molecular weight is 328 g/mol. The normalized spacial score (nSPS) is 10.0. The predicted octanol–water partition coefficient (Wildman–Crippen LogP) is 2.59. The predicted molar refractivity (Wildman–Crippen MR) is 86.2 cm³/mol. The number of hydrogen-bond acceptors (Lipinski definition) is 5. The highest BCUT2D eigenvalue weighted by Crippen LogP contribution is 2.14. The van der Waals surface area contributed by atoms with Crippen LogP contribution in [0.25, 0.3) is 0 Å². The highest BCUT2D eigenvalue weighted by molar-refractivity contribution is 5.89. The molecule has 0 spiro atoms. The first-order valence-corrected chi connectivity index (χ1v) is 7.19. The number of benzene rings is 2. The molecule has 0 aromatic heterocycles. The Hall–Kier alpha value is -3.22. The van der Waals surface area contributed by atoms with Crippen molar-refractivity contribution in [2.75, 3.05) is 0 Å². The lowest BCUT2D eigenvalue weighted by Crippen LogP contribution is -2.18. The number of hydrogen-bond donors (Lipinski definition) is 1. The minimum atomic E-state index is -0.521. The minimum absolute atomic E-state index is 0.0475. The van der Waals surface area contributed by atoms with Crippen molar-refractivity contribution in [1.29, 1.82) is 0 Å². The van der Waals surface area contributed by atoms with Crippen LogP contribution in [-0.2, 0) is 22.7 Å². The summed E-state index contributed by atoms with van der Waals surface area (Å²) in [5, 5.41) is 13.4. The molecule has 0 aliphatic rings. The Kier molecular flexibility index (Phi) is 5.62. The summed E-state index contributed by atoms with van der Waals surface area (Å²) in [6.07, 6.45) is 0. The Morgan fingerprint density at radius 1 is 1.12 bits per heavy atom. The number of nitrogens with one attached hydrogen (secondary N) is 1. The van der Waals surface area contributed by atoms with Crippen LogP contribution >= 0.6 is 0 Å². The topological polar surface area (TPSA) is 98.5 Å². The van der Waals surface area contributed by atoms with Crippen LogP contribution in [0.4, 0.5) is 5.69 Å². The standard InChI is InChI=1S/C17H16N2O5/c1-12(20)18-10-13-5-7-15(8-6-13)17(21)24-11-14-3-2-4-16(9-14)19(22)23/h2-9H,10-11H2,1H3,(H,18,20). The second-order valence-corrected chi connectivity index (χ2v) is 5.11. The number of nitrogens with zero attached hydrogens (tertiary/aromatic N) is 1. The summed E-state index contributed by atoms with van der Waals surface area (Å²) in [7, 11) is 0. The molecule has 124 valence electrons. The molecule has 7 heteroatoms. The molecule has 0 saturated heterocycles. The summed E-state index contributed by atoms with van der Waals surface area (Å²) in [5.74, 6) is -0.650. The van der Waals surface area contributed by atoms with E-state index >= 15 is 0 Å². The summed E-state index contributed by atoms with van der Waals surface area (Å²) in [6.45, 7) is 1.77. The van der Waals surface area contributed by atoms with Crippen LogP contribution in [0, 0.1) is 10.1 Å². The zero-order valence-electron chi connectivity index (χ0n) is 13.0. The molecule has 0 atom stereocenters. The fourth-order valence-corrected chi connectivity index (χ4v) is 1.98. The van der Waals surface area contributed by atoms with Crippen molar-refractivity contribution in [2.24, 2.45) is 0 Å². The van der Waals surface area contributed by atoms with Crippen molar-refractivity contribution in [1.82, 2.24) is 5.32 Å². The summed E-state index contributed by atoms with van der Waals surface area (Å²) < 4.78 is 5.16. The number of nitro groups is 1. The lowest BCUT2D eigenvalue weighted by atomic mass is 10.1. The van der Waals surface area contributed by atoms with Gasteiger partial charge in [0.15, 0.2) is 0 Å². The third kappa shape index (κ3) is 4.91. The third-order valence-electron chi connectivity index (χ3n) is 3.22. The van der Waals surface area contributed by atoms with E-state index in [0.29, 0.717) is 17.7 Å². The molecule has 7 nitrogen and oxygen atoms in total. The van der Waals surface area contributed by atoms with Crippen molar-refractivity contribution >= 4 is 17.6 Å². The molecule has 0 unspecified atom stereocenters. The third-order valence-corrected chi connectivity index (χ3v) is 3.22. The molecule has 0 bridgehead atoms. The monoisotopic (exact) mass is 328 g/mol. The van der Waals surface area contributed by atoms with E-state index in [1.165, 1.54) is 25.1 Å². The maximum atomic E-state index is 12.0. The number of rotatable bonds is 6. The smallest absolute Gasteiger partial charge is 0.338 e. The van der Waals surface area contributed by atoms with Gasteiger partial charge in [-0.15, -0.1) is 0 Å². The Morgan fingerprint density at radius 2 is 1.83 bits per heavy atom. The zero-order chi connectivity index (χ0) is 17.5. The molecule has 0 heterocycles. The van der Waals surface area contributed by atoms with Crippen LogP contribution in [0.3, 0.4) is 0 Å². The van der Waals surface area contributed by atoms with Crippen molar-refractivity contribution in [2.45, 2.75) is 20.1 Å². The SMILES string of the molecule is CC(=O)NCc1ccc(C(=O)OCc2cccc([N+](=O)[O-])c2)cc1. The largest absolute Gasteiger partial charge is 0.457 e. The zero-order valence-corrected chi connectivity index (χ0v) is 13.0.